The molecule has 2 N–H and O–H groups in total. The number of carbonyl (C=O) groups excluding carboxylic acids is 2. The van der Waals surface area contributed by atoms with Crippen LogP contribution in [0.25, 0.3) is 0 Å². The average Bonchev–Trinajstić information content (AvgIpc) is 2.91. The number of nitrogens with zero attached hydrogens (tertiary/aromatic N) is 1. The van der Waals surface area contributed by atoms with Crippen LogP contribution in [0.4, 0.5) is 5.82 Å². The fourth-order valence-electron chi connectivity index (χ4n) is 2.05. The Kier molecular flexibility index (Phi) is 5.51. The fraction of sp³-hybridized carbons (Fsp3) is 0.353. The fourth-order valence-corrected chi connectivity index (χ4v) is 2.05. The molecule has 2 aromatic rings. The van der Waals surface area contributed by atoms with Gasteiger partial charge in [0, 0.05) is 12.5 Å². The van der Waals surface area contributed by atoms with Crippen molar-refractivity contribution in [2.24, 2.45) is 0 Å². The topological polar surface area (TPSA) is 84.2 Å². The van der Waals surface area contributed by atoms with Crippen LogP contribution in [0.2, 0.25) is 0 Å². The highest BCUT2D eigenvalue weighted by Crippen LogP contribution is 2.08. The molecule has 6 heteroatoms. The zero-order valence-electron chi connectivity index (χ0n) is 13.6. The first kappa shape index (κ1) is 16.7. The van der Waals surface area contributed by atoms with Gasteiger partial charge in [0.2, 0.25) is 11.8 Å². The number of anilines is 1. The Morgan fingerprint density at radius 1 is 1.22 bits per heavy atom. The van der Waals surface area contributed by atoms with Gasteiger partial charge in [-0.3, -0.25) is 9.59 Å². The van der Waals surface area contributed by atoms with Gasteiger partial charge in [-0.05, 0) is 32.8 Å². The van der Waals surface area contributed by atoms with Crippen molar-refractivity contribution in [2.75, 3.05) is 5.32 Å². The molecule has 0 aliphatic heterocycles. The Labute approximate surface area is 135 Å². The summed E-state index contributed by atoms with van der Waals surface area (Å²) in [6.07, 6.45) is 0.979. The van der Waals surface area contributed by atoms with Gasteiger partial charge in [-0.15, -0.1) is 0 Å². The third kappa shape index (κ3) is 5.25. The van der Waals surface area contributed by atoms with E-state index < -0.39 is 6.04 Å². The molecule has 122 valence electrons. The zero-order valence-corrected chi connectivity index (χ0v) is 13.6. The molecule has 23 heavy (non-hydrogen) atoms. The number of nitrogens with one attached hydrogen (secondary N) is 2. The van der Waals surface area contributed by atoms with E-state index in [1.807, 2.05) is 31.2 Å². The summed E-state index contributed by atoms with van der Waals surface area (Å²) in [6.45, 7) is 5.39. The van der Waals surface area contributed by atoms with Crippen LogP contribution in [0, 0.1) is 13.8 Å². The number of carbonyl (C=O) groups is 2. The number of aryl methyl sites for hydroxylation is 3. The molecular formula is C17H21N3O3. The van der Waals surface area contributed by atoms with E-state index in [0.717, 1.165) is 5.56 Å². The molecule has 6 nitrogen and oxygen atoms in total. The van der Waals surface area contributed by atoms with Crippen LogP contribution in [0.3, 0.4) is 0 Å². The highest BCUT2D eigenvalue weighted by molar-refractivity contribution is 5.96. The maximum atomic E-state index is 12.0. The molecule has 0 radical (unpaired) electrons. The van der Waals surface area contributed by atoms with E-state index in [1.165, 1.54) is 5.56 Å². The van der Waals surface area contributed by atoms with Crippen LogP contribution in [0.1, 0.15) is 30.2 Å². The largest absolute Gasteiger partial charge is 0.360 e. The summed E-state index contributed by atoms with van der Waals surface area (Å²) >= 11 is 0. The van der Waals surface area contributed by atoms with Gasteiger partial charge in [-0.2, -0.15) is 0 Å². The maximum absolute atomic E-state index is 12.0. The molecule has 1 atom stereocenters. The van der Waals surface area contributed by atoms with Crippen molar-refractivity contribution < 1.29 is 14.1 Å². The summed E-state index contributed by atoms with van der Waals surface area (Å²) < 4.78 is 4.87. The van der Waals surface area contributed by atoms with Crippen LogP contribution in [0.15, 0.2) is 34.9 Å². The van der Waals surface area contributed by atoms with E-state index >= 15 is 0 Å². The number of hydrogen-bond acceptors (Lipinski definition) is 4. The van der Waals surface area contributed by atoms with Gasteiger partial charge in [0.05, 0.1) is 0 Å². The first-order valence-corrected chi connectivity index (χ1v) is 7.53. The summed E-state index contributed by atoms with van der Waals surface area (Å²) in [7, 11) is 0. The SMILES string of the molecule is Cc1ccc(CCC(=O)N[C@@H](C)C(=O)Nc2cc(C)on2)cc1. The van der Waals surface area contributed by atoms with Crippen molar-refractivity contribution in [1.29, 1.82) is 0 Å². The molecular weight excluding hydrogens is 294 g/mol. The standard InChI is InChI=1S/C17H21N3O3/c1-11-4-6-14(7-5-11)8-9-16(21)18-13(3)17(22)19-15-10-12(2)23-20-15/h4-7,10,13H,8-9H2,1-3H3,(H,18,21)(H,19,20,22)/t13-/m0/s1. The molecule has 1 aromatic heterocycles. The van der Waals surface area contributed by atoms with Gasteiger partial charge >= 0.3 is 0 Å². The van der Waals surface area contributed by atoms with Gasteiger partial charge in [-0.25, -0.2) is 0 Å². The van der Waals surface area contributed by atoms with Gasteiger partial charge in [0.25, 0.3) is 0 Å². The van der Waals surface area contributed by atoms with Crippen molar-refractivity contribution in [1.82, 2.24) is 10.5 Å². The van der Waals surface area contributed by atoms with E-state index in [0.29, 0.717) is 24.4 Å². The molecule has 0 fully saturated rings. The average molecular weight is 315 g/mol. The van der Waals surface area contributed by atoms with Crippen molar-refractivity contribution in [3.8, 4) is 0 Å². The second-order valence-corrected chi connectivity index (χ2v) is 5.59. The zero-order chi connectivity index (χ0) is 16.8. The summed E-state index contributed by atoms with van der Waals surface area (Å²) in [5, 5.41) is 8.95. The third-order valence-electron chi connectivity index (χ3n) is 3.41. The number of rotatable bonds is 6. The van der Waals surface area contributed by atoms with Crippen LogP contribution >= 0.6 is 0 Å². The monoisotopic (exact) mass is 315 g/mol. The van der Waals surface area contributed by atoms with Crippen molar-refractivity contribution in [3.63, 3.8) is 0 Å². The lowest BCUT2D eigenvalue weighted by atomic mass is 10.1. The minimum atomic E-state index is -0.641. The normalized spacial score (nSPS) is 11.8. The second kappa shape index (κ2) is 7.58. The minimum Gasteiger partial charge on any atom is -0.360 e. The molecule has 0 saturated heterocycles. The lowest BCUT2D eigenvalue weighted by Gasteiger charge is -2.13. The first-order chi connectivity index (χ1) is 10.9. The lowest BCUT2D eigenvalue weighted by molar-refractivity contribution is -0.126. The van der Waals surface area contributed by atoms with E-state index in [4.69, 9.17) is 4.52 Å². The van der Waals surface area contributed by atoms with Crippen LogP contribution in [-0.2, 0) is 16.0 Å². The number of amides is 2. The Bertz CT molecular complexity index is 677. The Morgan fingerprint density at radius 3 is 2.52 bits per heavy atom. The quantitative estimate of drug-likeness (QED) is 0.857. The molecule has 0 saturated carbocycles. The molecule has 0 aliphatic rings. The van der Waals surface area contributed by atoms with Gasteiger partial charge in [0.15, 0.2) is 5.82 Å². The molecule has 2 rings (SSSR count). The van der Waals surface area contributed by atoms with E-state index in [2.05, 4.69) is 15.8 Å². The van der Waals surface area contributed by atoms with Gasteiger partial charge in [-0.1, -0.05) is 35.0 Å². The third-order valence-corrected chi connectivity index (χ3v) is 3.41. The maximum Gasteiger partial charge on any atom is 0.247 e. The predicted molar refractivity (Wildman–Crippen MR) is 87.0 cm³/mol. The Balaban J connectivity index is 1.77. The summed E-state index contributed by atoms with van der Waals surface area (Å²) in [6, 6.07) is 9.02. The second-order valence-electron chi connectivity index (χ2n) is 5.59. The van der Waals surface area contributed by atoms with Crippen LogP contribution in [0.5, 0.6) is 0 Å². The van der Waals surface area contributed by atoms with Crippen LogP contribution < -0.4 is 10.6 Å². The van der Waals surface area contributed by atoms with Crippen molar-refractivity contribution in [2.45, 2.75) is 39.7 Å². The molecule has 0 bridgehead atoms. The molecule has 0 spiro atoms. The minimum absolute atomic E-state index is 0.162. The highest BCUT2D eigenvalue weighted by atomic mass is 16.5. The summed E-state index contributed by atoms with van der Waals surface area (Å²) in [4.78, 5) is 23.9. The summed E-state index contributed by atoms with van der Waals surface area (Å²) in [5.74, 6) is 0.454. The molecule has 0 unspecified atom stereocenters. The molecule has 2 amide bonds. The number of aromatic nitrogens is 1. The van der Waals surface area contributed by atoms with E-state index in [9.17, 15) is 9.59 Å². The van der Waals surface area contributed by atoms with Crippen molar-refractivity contribution >= 4 is 17.6 Å². The Hall–Kier alpha value is -2.63. The van der Waals surface area contributed by atoms with Gasteiger partial charge < -0.3 is 15.2 Å². The predicted octanol–water partition coefficient (Wildman–Crippen LogP) is 2.37. The van der Waals surface area contributed by atoms with Crippen molar-refractivity contribution in [3.05, 3.63) is 47.2 Å². The smallest absolute Gasteiger partial charge is 0.247 e. The van der Waals surface area contributed by atoms with Gasteiger partial charge in [0.1, 0.15) is 11.8 Å². The van der Waals surface area contributed by atoms with E-state index in [1.54, 1.807) is 19.9 Å². The molecule has 1 aromatic carbocycles. The molecule has 0 aliphatic carbocycles. The number of benzene rings is 1. The Morgan fingerprint density at radius 2 is 1.91 bits per heavy atom. The molecule has 1 heterocycles. The summed E-state index contributed by atoms with van der Waals surface area (Å²) in [5.41, 5.74) is 2.28. The number of hydrogen-bond donors (Lipinski definition) is 2. The van der Waals surface area contributed by atoms with Crippen LogP contribution in [-0.4, -0.2) is 23.0 Å². The highest BCUT2D eigenvalue weighted by Gasteiger charge is 2.16. The van der Waals surface area contributed by atoms with E-state index in [-0.39, 0.29) is 11.8 Å². The lowest BCUT2D eigenvalue weighted by Crippen LogP contribution is -2.41. The first-order valence-electron chi connectivity index (χ1n) is 7.53.